The number of fused-ring (bicyclic) bond motifs is 2. The lowest BCUT2D eigenvalue weighted by atomic mass is 9.83. The highest BCUT2D eigenvalue weighted by atomic mass is 15.2. The van der Waals surface area contributed by atoms with Crippen LogP contribution in [0.25, 0.3) is 0 Å². The zero-order chi connectivity index (χ0) is 13.2. The first-order chi connectivity index (χ1) is 9.28. The van der Waals surface area contributed by atoms with Gasteiger partial charge in [0.15, 0.2) is 0 Å². The Bertz CT molecular complexity index is 291. The number of nitrogens with zero attached hydrogens (tertiary/aromatic N) is 1. The molecule has 110 valence electrons. The Labute approximate surface area is 119 Å². The van der Waals surface area contributed by atoms with Gasteiger partial charge in [-0.25, -0.2) is 0 Å². The molecule has 2 heteroatoms. The van der Waals surface area contributed by atoms with Gasteiger partial charge in [-0.1, -0.05) is 13.3 Å². The zero-order valence-electron chi connectivity index (χ0n) is 12.9. The second-order valence-electron chi connectivity index (χ2n) is 7.32. The lowest BCUT2D eigenvalue weighted by molar-refractivity contribution is 0.106. The van der Waals surface area contributed by atoms with Crippen molar-refractivity contribution in [2.45, 2.75) is 70.9 Å². The summed E-state index contributed by atoms with van der Waals surface area (Å²) in [7, 11) is 0. The third-order valence-corrected chi connectivity index (χ3v) is 6.30. The lowest BCUT2D eigenvalue weighted by Crippen LogP contribution is -2.46. The van der Waals surface area contributed by atoms with Crippen LogP contribution in [-0.2, 0) is 0 Å². The molecule has 0 aromatic rings. The Morgan fingerprint density at radius 1 is 1.16 bits per heavy atom. The molecule has 5 atom stereocenters. The first kappa shape index (κ1) is 13.9. The van der Waals surface area contributed by atoms with E-state index in [1.54, 1.807) is 6.42 Å². The monoisotopic (exact) mass is 264 g/mol. The van der Waals surface area contributed by atoms with Crippen LogP contribution in [0.3, 0.4) is 0 Å². The fourth-order valence-corrected chi connectivity index (χ4v) is 5.04. The number of rotatable bonds is 3. The molecule has 2 saturated carbocycles. The van der Waals surface area contributed by atoms with Crippen LogP contribution in [0, 0.1) is 17.8 Å². The van der Waals surface area contributed by atoms with Crippen molar-refractivity contribution in [1.82, 2.24) is 10.2 Å². The van der Waals surface area contributed by atoms with Crippen molar-refractivity contribution in [3.05, 3.63) is 0 Å². The summed E-state index contributed by atoms with van der Waals surface area (Å²) in [5.74, 6) is 3.19. The molecule has 0 radical (unpaired) electrons. The van der Waals surface area contributed by atoms with E-state index in [0.717, 1.165) is 29.8 Å². The summed E-state index contributed by atoms with van der Waals surface area (Å²) in [6.45, 7) is 8.71. The van der Waals surface area contributed by atoms with Crippen molar-refractivity contribution in [1.29, 1.82) is 0 Å². The second kappa shape index (κ2) is 6.13. The molecule has 1 N–H and O–H groups in total. The van der Waals surface area contributed by atoms with Gasteiger partial charge in [-0.2, -0.15) is 0 Å². The first-order valence-electron chi connectivity index (χ1n) is 8.75. The predicted octanol–water partition coefficient (Wildman–Crippen LogP) is 3.28. The van der Waals surface area contributed by atoms with Gasteiger partial charge in [0.25, 0.3) is 0 Å². The van der Waals surface area contributed by atoms with Gasteiger partial charge in [-0.15, -0.1) is 0 Å². The summed E-state index contributed by atoms with van der Waals surface area (Å²) in [4.78, 5) is 2.83. The van der Waals surface area contributed by atoms with Crippen molar-refractivity contribution in [3.8, 4) is 0 Å². The van der Waals surface area contributed by atoms with E-state index < -0.39 is 0 Å². The van der Waals surface area contributed by atoms with Crippen LogP contribution in [-0.4, -0.2) is 36.6 Å². The minimum absolute atomic E-state index is 0.759. The average molecular weight is 264 g/mol. The highest BCUT2D eigenvalue weighted by Crippen LogP contribution is 2.50. The summed E-state index contributed by atoms with van der Waals surface area (Å²) in [6, 6.07) is 1.60. The van der Waals surface area contributed by atoms with Gasteiger partial charge in [-0.3, -0.25) is 0 Å². The van der Waals surface area contributed by atoms with Gasteiger partial charge >= 0.3 is 0 Å². The normalized spacial score (nSPS) is 42.0. The van der Waals surface area contributed by atoms with Gasteiger partial charge < -0.3 is 10.2 Å². The van der Waals surface area contributed by atoms with E-state index in [-0.39, 0.29) is 0 Å². The van der Waals surface area contributed by atoms with E-state index in [1.807, 2.05) is 0 Å². The van der Waals surface area contributed by atoms with Crippen molar-refractivity contribution >= 4 is 0 Å². The van der Waals surface area contributed by atoms with E-state index in [2.05, 4.69) is 24.1 Å². The third kappa shape index (κ3) is 3.00. The standard InChI is InChI=1S/C17H32N2/c1-3-16-7-10-19(9-4-8-18-16)13(2)17-12-14-5-6-15(17)11-14/h13-18H,3-12H2,1-2H3. The average Bonchev–Trinajstić information content (AvgIpc) is 3.00. The molecular weight excluding hydrogens is 232 g/mol. The van der Waals surface area contributed by atoms with Gasteiger partial charge in [0.1, 0.15) is 0 Å². The van der Waals surface area contributed by atoms with E-state index in [4.69, 9.17) is 0 Å². The molecule has 1 aliphatic heterocycles. The molecule has 0 aromatic heterocycles. The fourth-order valence-electron chi connectivity index (χ4n) is 5.04. The summed E-state index contributed by atoms with van der Waals surface area (Å²) < 4.78 is 0. The minimum atomic E-state index is 0.759. The maximum Gasteiger partial charge on any atom is 0.00979 e. The van der Waals surface area contributed by atoms with Gasteiger partial charge in [0, 0.05) is 12.1 Å². The van der Waals surface area contributed by atoms with Gasteiger partial charge in [0.05, 0.1) is 0 Å². The number of nitrogens with one attached hydrogen (secondary N) is 1. The number of hydrogen-bond donors (Lipinski definition) is 1. The lowest BCUT2D eigenvalue weighted by Gasteiger charge is -2.39. The van der Waals surface area contributed by atoms with Crippen LogP contribution in [0.1, 0.15) is 58.8 Å². The summed E-state index contributed by atoms with van der Waals surface area (Å²) >= 11 is 0. The van der Waals surface area contributed by atoms with Gasteiger partial charge in [-0.05, 0) is 82.8 Å². The zero-order valence-corrected chi connectivity index (χ0v) is 12.9. The van der Waals surface area contributed by atoms with Crippen molar-refractivity contribution in [2.75, 3.05) is 19.6 Å². The Morgan fingerprint density at radius 3 is 2.74 bits per heavy atom. The van der Waals surface area contributed by atoms with E-state index in [0.29, 0.717) is 0 Å². The highest BCUT2D eigenvalue weighted by molar-refractivity contribution is 4.95. The number of hydrogen-bond acceptors (Lipinski definition) is 2. The molecule has 0 amide bonds. The molecular formula is C17H32N2. The molecule has 5 unspecified atom stereocenters. The van der Waals surface area contributed by atoms with Crippen LogP contribution in [0.4, 0.5) is 0 Å². The van der Waals surface area contributed by atoms with Gasteiger partial charge in [0.2, 0.25) is 0 Å². The van der Waals surface area contributed by atoms with E-state index in [1.165, 1.54) is 58.2 Å². The predicted molar refractivity (Wildman–Crippen MR) is 81.3 cm³/mol. The Morgan fingerprint density at radius 2 is 2.05 bits per heavy atom. The van der Waals surface area contributed by atoms with Crippen LogP contribution >= 0.6 is 0 Å². The Balaban J connectivity index is 1.57. The van der Waals surface area contributed by atoms with Crippen LogP contribution in [0.5, 0.6) is 0 Å². The SMILES string of the molecule is CCC1CCN(C(C)C2CC3CCC2C3)CCCN1. The van der Waals surface area contributed by atoms with E-state index in [9.17, 15) is 0 Å². The third-order valence-electron chi connectivity index (χ3n) is 6.30. The second-order valence-corrected chi connectivity index (χ2v) is 7.32. The Hall–Kier alpha value is -0.0800. The molecule has 19 heavy (non-hydrogen) atoms. The molecule has 1 saturated heterocycles. The molecule has 0 aromatic carbocycles. The van der Waals surface area contributed by atoms with Crippen LogP contribution in [0.15, 0.2) is 0 Å². The summed E-state index contributed by atoms with van der Waals surface area (Å²) in [5.41, 5.74) is 0. The quantitative estimate of drug-likeness (QED) is 0.841. The Kier molecular flexibility index (Phi) is 4.48. The smallest absolute Gasteiger partial charge is 0.00979 e. The molecule has 3 aliphatic rings. The molecule has 3 fully saturated rings. The fraction of sp³-hybridized carbons (Fsp3) is 1.00. The van der Waals surface area contributed by atoms with E-state index >= 15 is 0 Å². The summed E-state index contributed by atoms with van der Waals surface area (Å²) in [6.07, 6.45) is 10.1. The van der Waals surface area contributed by atoms with Crippen molar-refractivity contribution in [2.24, 2.45) is 17.8 Å². The minimum Gasteiger partial charge on any atom is -0.314 e. The first-order valence-corrected chi connectivity index (χ1v) is 8.75. The molecule has 0 spiro atoms. The van der Waals surface area contributed by atoms with Crippen LogP contribution < -0.4 is 5.32 Å². The van der Waals surface area contributed by atoms with Crippen LogP contribution in [0.2, 0.25) is 0 Å². The maximum atomic E-state index is 3.70. The maximum absolute atomic E-state index is 3.70. The largest absolute Gasteiger partial charge is 0.314 e. The molecule has 2 nitrogen and oxygen atoms in total. The van der Waals surface area contributed by atoms with Crippen molar-refractivity contribution in [3.63, 3.8) is 0 Å². The molecule has 2 bridgehead atoms. The topological polar surface area (TPSA) is 15.3 Å². The highest BCUT2D eigenvalue weighted by Gasteiger charge is 2.43. The molecule has 2 aliphatic carbocycles. The molecule has 3 rings (SSSR count). The molecule has 1 heterocycles. The summed E-state index contributed by atoms with van der Waals surface area (Å²) in [5, 5.41) is 3.70. The van der Waals surface area contributed by atoms with Crippen molar-refractivity contribution < 1.29 is 0 Å².